The predicted octanol–water partition coefficient (Wildman–Crippen LogP) is 7.14. The monoisotopic (exact) mass is 406 g/mol. The summed E-state index contributed by atoms with van der Waals surface area (Å²) in [5.74, 6) is 0.758. The van der Waals surface area contributed by atoms with Crippen LogP contribution in [0.15, 0.2) is 84.7 Å². The van der Waals surface area contributed by atoms with Gasteiger partial charge in [-0.2, -0.15) is 0 Å². The van der Waals surface area contributed by atoms with E-state index < -0.39 is 5.82 Å². The zero-order valence-electron chi connectivity index (χ0n) is 16.9. The molecular weight excluding hydrogens is 382 g/mol. The number of allylic oxidation sites excluding steroid dienone is 2. The molecule has 0 spiro atoms. The van der Waals surface area contributed by atoms with E-state index in [1.165, 1.54) is 6.07 Å². The molecule has 4 heteroatoms. The molecular formula is C26H24F2O2. The van der Waals surface area contributed by atoms with Crippen LogP contribution in [0.3, 0.4) is 0 Å². The molecule has 0 heterocycles. The summed E-state index contributed by atoms with van der Waals surface area (Å²) in [4.78, 5) is 0. The van der Waals surface area contributed by atoms with Gasteiger partial charge in [0.05, 0.1) is 6.61 Å². The number of para-hydroxylation sites is 1. The molecule has 2 nitrogen and oxygen atoms in total. The summed E-state index contributed by atoms with van der Waals surface area (Å²) >= 11 is 0. The number of halogens is 2. The number of hydrogen-bond donors (Lipinski definition) is 0. The van der Waals surface area contributed by atoms with E-state index in [1.54, 1.807) is 30.3 Å². The van der Waals surface area contributed by atoms with E-state index in [2.05, 4.69) is 0 Å². The molecule has 0 amide bonds. The molecule has 30 heavy (non-hydrogen) atoms. The van der Waals surface area contributed by atoms with E-state index in [4.69, 9.17) is 9.47 Å². The Kier molecular flexibility index (Phi) is 5.84. The second-order valence-electron chi connectivity index (χ2n) is 7.56. The third kappa shape index (κ3) is 4.70. The van der Waals surface area contributed by atoms with E-state index >= 15 is 0 Å². The standard InChI is InChI=1S/C26H24F2O2/c1-2-29-22-11-9-20(10-12-22)26(14-15-26)18-21(27)16-19-8-13-24(28)25(17-19)30-23-6-4-3-5-7-23/h3-13,17-18H,2,14-16H2,1H3. The lowest BCUT2D eigenvalue weighted by Crippen LogP contribution is -2.04. The molecule has 1 aliphatic carbocycles. The fourth-order valence-electron chi connectivity index (χ4n) is 3.60. The lowest BCUT2D eigenvalue weighted by Gasteiger charge is -2.13. The van der Waals surface area contributed by atoms with Crippen LogP contribution in [-0.2, 0) is 11.8 Å². The van der Waals surface area contributed by atoms with Crippen LogP contribution in [0.5, 0.6) is 17.2 Å². The van der Waals surface area contributed by atoms with Crippen LogP contribution in [0.4, 0.5) is 8.78 Å². The minimum atomic E-state index is -0.472. The highest BCUT2D eigenvalue weighted by Gasteiger charge is 2.42. The average Bonchev–Trinajstić information content (AvgIpc) is 3.52. The molecule has 1 saturated carbocycles. The minimum absolute atomic E-state index is 0.0964. The number of benzene rings is 3. The Morgan fingerprint density at radius 2 is 1.70 bits per heavy atom. The van der Waals surface area contributed by atoms with Crippen LogP contribution in [0.25, 0.3) is 0 Å². The van der Waals surface area contributed by atoms with E-state index in [-0.39, 0.29) is 23.4 Å². The predicted molar refractivity (Wildman–Crippen MR) is 114 cm³/mol. The normalized spacial score (nSPS) is 15.0. The van der Waals surface area contributed by atoms with Crippen LogP contribution < -0.4 is 9.47 Å². The van der Waals surface area contributed by atoms with E-state index in [9.17, 15) is 8.78 Å². The third-order valence-corrected chi connectivity index (χ3v) is 5.30. The van der Waals surface area contributed by atoms with Gasteiger partial charge >= 0.3 is 0 Å². The topological polar surface area (TPSA) is 18.5 Å². The molecule has 1 aliphatic rings. The minimum Gasteiger partial charge on any atom is -0.494 e. The van der Waals surface area contributed by atoms with Crippen molar-refractivity contribution in [3.05, 3.63) is 102 Å². The zero-order chi connectivity index (χ0) is 21.0. The summed E-state index contributed by atoms with van der Waals surface area (Å²) in [6.07, 6.45) is 3.65. The van der Waals surface area contributed by atoms with Crippen molar-refractivity contribution in [2.45, 2.75) is 31.6 Å². The highest BCUT2D eigenvalue weighted by molar-refractivity contribution is 5.42. The Balaban J connectivity index is 1.48. The van der Waals surface area contributed by atoms with Gasteiger partial charge in [0, 0.05) is 11.8 Å². The van der Waals surface area contributed by atoms with Gasteiger partial charge in [0.2, 0.25) is 0 Å². The maximum atomic E-state index is 14.9. The van der Waals surface area contributed by atoms with Gasteiger partial charge in [-0.15, -0.1) is 0 Å². The van der Waals surface area contributed by atoms with Gasteiger partial charge in [0.25, 0.3) is 0 Å². The van der Waals surface area contributed by atoms with Crippen molar-refractivity contribution in [1.82, 2.24) is 0 Å². The first-order chi connectivity index (χ1) is 14.6. The van der Waals surface area contributed by atoms with Crippen molar-refractivity contribution in [3.63, 3.8) is 0 Å². The molecule has 3 aromatic rings. The molecule has 154 valence electrons. The Labute approximate surface area is 175 Å². The molecule has 0 aliphatic heterocycles. The first kappa shape index (κ1) is 20.1. The fraction of sp³-hybridized carbons (Fsp3) is 0.231. The lowest BCUT2D eigenvalue weighted by molar-refractivity contribution is 0.340. The molecule has 0 N–H and O–H groups in total. The molecule has 0 radical (unpaired) electrons. The summed E-state index contributed by atoms with van der Waals surface area (Å²) in [5, 5.41) is 0. The van der Waals surface area contributed by atoms with Gasteiger partial charge in [0.15, 0.2) is 11.6 Å². The summed E-state index contributed by atoms with van der Waals surface area (Å²) in [6, 6.07) is 21.3. The quantitative estimate of drug-likeness (QED) is 0.396. The van der Waals surface area contributed by atoms with Crippen molar-refractivity contribution in [1.29, 1.82) is 0 Å². The van der Waals surface area contributed by atoms with Gasteiger partial charge in [-0.05, 0) is 73.4 Å². The average molecular weight is 406 g/mol. The van der Waals surface area contributed by atoms with Gasteiger partial charge in [0.1, 0.15) is 17.3 Å². The van der Waals surface area contributed by atoms with Crippen LogP contribution in [0.2, 0.25) is 0 Å². The van der Waals surface area contributed by atoms with Gasteiger partial charge in [-0.25, -0.2) is 8.78 Å². The Morgan fingerprint density at radius 1 is 0.967 bits per heavy atom. The second-order valence-corrected chi connectivity index (χ2v) is 7.56. The van der Waals surface area contributed by atoms with Crippen molar-refractivity contribution in [3.8, 4) is 17.2 Å². The van der Waals surface area contributed by atoms with Crippen molar-refractivity contribution in [2.75, 3.05) is 6.61 Å². The van der Waals surface area contributed by atoms with Gasteiger partial charge in [-0.3, -0.25) is 0 Å². The maximum Gasteiger partial charge on any atom is 0.165 e. The Bertz CT molecular complexity index is 1020. The highest BCUT2D eigenvalue weighted by atomic mass is 19.1. The number of hydrogen-bond acceptors (Lipinski definition) is 2. The first-order valence-corrected chi connectivity index (χ1v) is 10.2. The van der Waals surface area contributed by atoms with Crippen LogP contribution in [-0.4, -0.2) is 6.61 Å². The largest absolute Gasteiger partial charge is 0.494 e. The third-order valence-electron chi connectivity index (χ3n) is 5.30. The number of ether oxygens (including phenoxy) is 2. The van der Waals surface area contributed by atoms with Crippen LogP contribution in [0.1, 0.15) is 30.9 Å². The van der Waals surface area contributed by atoms with Gasteiger partial charge < -0.3 is 9.47 Å². The number of rotatable bonds is 8. The van der Waals surface area contributed by atoms with E-state index in [0.717, 1.165) is 24.2 Å². The molecule has 4 rings (SSSR count). The van der Waals surface area contributed by atoms with Gasteiger partial charge in [-0.1, -0.05) is 36.4 Å². The molecule has 0 aromatic heterocycles. The molecule has 0 unspecified atom stereocenters. The van der Waals surface area contributed by atoms with Crippen LogP contribution >= 0.6 is 0 Å². The zero-order valence-corrected chi connectivity index (χ0v) is 16.9. The highest BCUT2D eigenvalue weighted by Crippen LogP contribution is 2.50. The van der Waals surface area contributed by atoms with E-state index in [0.29, 0.717) is 17.9 Å². The summed E-state index contributed by atoms with van der Waals surface area (Å²) < 4.78 is 40.1. The smallest absolute Gasteiger partial charge is 0.165 e. The lowest BCUT2D eigenvalue weighted by atomic mass is 9.94. The summed E-state index contributed by atoms with van der Waals surface area (Å²) in [5.41, 5.74) is 1.50. The maximum absolute atomic E-state index is 14.9. The Hall–Kier alpha value is -3.14. The molecule has 3 aromatic carbocycles. The second kappa shape index (κ2) is 8.70. The van der Waals surface area contributed by atoms with E-state index in [1.807, 2.05) is 49.4 Å². The fourth-order valence-corrected chi connectivity index (χ4v) is 3.60. The van der Waals surface area contributed by atoms with Crippen molar-refractivity contribution in [2.24, 2.45) is 0 Å². The van der Waals surface area contributed by atoms with Crippen molar-refractivity contribution >= 4 is 0 Å². The van der Waals surface area contributed by atoms with Crippen molar-refractivity contribution < 1.29 is 18.3 Å². The molecule has 0 atom stereocenters. The molecule has 0 bridgehead atoms. The SMILES string of the molecule is CCOc1ccc(C2(C=C(F)Cc3ccc(F)c(Oc4ccccc4)c3)CC2)cc1. The summed E-state index contributed by atoms with van der Waals surface area (Å²) in [6.45, 7) is 2.56. The summed E-state index contributed by atoms with van der Waals surface area (Å²) in [7, 11) is 0. The Morgan fingerprint density at radius 3 is 2.37 bits per heavy atom. The molecule has 0 saturated heterocycles. The molecule has 1 fully saturated rings. The van der Waals surface area contributed by atoms with Crippen LogP contribution in [0, 0.1) is 5.82 Å². The first-order valence-electron chi connectivity index (χ1n) is 10.2.